The van der Waals surface area contributed by atoms with Crippen molar-refractivity contribution in [1.82, 2.24) is 9.80 Å². The van der Waals surface area contributed by atoms with E-state index in [0.717, 1.165) is 56.8 Å². The average Bonchev–Trinajstić information content (AvgIpc) is 3.38. The van der Waals surface area contributed by atoms with Crippen LogP contribution in [-0.2, 0) is 9.59 Å². The molecule has 0 atom stereocenters. The largest absolute Gasteiger partial charge is 0.484 e. The minimum Gasteiger partial charge on any atom is -0.484 e. The highest BCUT2D eigenvalue weighted by Gasteiger charge is 2.47. The van der Waals surface area contributed by atoms with Crippen LogP contribution in [0.15, 0.2) is 30.3 Å². The van der Waals surface area contributed by atoms with Crippen molar-refractivity contribution in [2.24, 2.45) is 5.92 Å². The fraction of sp³-hybridized carbons (Fsp3) is 0.619. The van der Waals surface area contributed by atoms with E-state index in [-0.39, 0.29) is 23.3 Å². The molecule has 5 nitrogen and oxygen atoms in total. The zero-order valence-electron chi connectivity index (χ0n) is 15.8. The molecular formula is C21H28N2O3S. The van der Waals surface area contributed by atoms with Crippen LogP contribution in [0.1, 0.15) is 38.5 Å². The monoisotopic (exact) mass is 388 g/mol. The van der Waals surface area contributed by atoms with Gasteiger partial charge < -0.3 is 14.5 Å². The van der Waals surface area contributed by atoms with E-state index in [1.165, 1.54) is 12.8 Å². The summed E-state index contributed by atoms with van der Waals surface area (Å²) in [6, 6.07) is 9.49. The van der Waals surface area contributed by atoms with Crippen molar-refractivity contribution in [2.45, 2.75) is 43.4 Å². The number of benzene rings is 1. The number of piperidine rings is 1. The van der Waals surface area contributed by atoms with Crippen LogP contribution in [0.25, 0.3) is 0 Å². The van der Waals surface area contributed by atoms with Crippen LogP contribution in [-0.4, -0.2) is 58.5 Å². The molecule has 2 aliphatic heterocycles. The Balaban J connectivity index is 1.33. The van der Waals surface area contributed by atoms with Gasteiger partial charge in [0.05, 0.1) is 4.87 Å². The minimum atomic E-state index is -0.149. The smallest absolute Gasteiger partial charge is 0.261 e. The number of carbonyl (C=O) groups excluding carboxylic acids is 2. The fourth-order valence-corrected chi connectivity index (χ4v) is 6.10. The first kappa shape index (κ1) is 18.7. The van der Waals surface area contributed by atoms with Gasteiger partial charge in [-0.3, -0.25) is 9.59 Å². The summed E-state index contributed by atoms with van der Waals surface area (Å²) in [4.78, 5) is 29.4. The predicted octanol–water partition coefficient (Wildman–Crippen LogP) is 3.15. The molecule has 1 aliphatic carbocycles. The highest BCUT2D eigenvalue weighted by atomic mass is 32.2. The zero-order chi connectivity index (χ0) is 18.7. The lowest BCUT2D eigenvalue weighted by Crippen LogP contribution is -2.55. The molecule has 2 saturated heterocycles. The maximum absolute atomic E-state index is 12.8. The van der Waals surface area contributed by atoms with Crippen LogP contribution in [0, 0.1) is 5.92 Å². The molecule has 3 fully saturated rings. The first-order valence-corrected chi connectivity index (χ1v) is 11.1. The van der Waals surface area contributed by atoms with Crippen molar-refractivity contribution >= 4 is 23.6 Å². The van der Waals surface area contributed by atoms with E-state index in [4.69, 9.17) is 4.74 Å². The highest BCUT2D eigenvalue weighted by Crippen LogP contribution is 2.44. The molecule has 3 aliphatic rings. The van der Waals surface area contributed by atoms with E-state index in [2.05, 4.69) is 0 Å². The van der Waals surface area contributed by atoms with E-state index in [9.17, 15) is 9.59 Å². The summed E-state index contributed by atoms with van der Waals surface area (Å²) in [7, 11) is 0. The molecule has 0 N–H and O–H groups in total. The van der Waals surface area contributed by atoms with Gasteiger partial charge in [-0.2, -0.15) is 0 Å². The number of carbonyl (C=O) groups is 2. The number of para-hydroxylation sites is 1. The Kier molecular flexibility index (Phi) is 5.62. The summed E-state index contributed by atoms with van der Waals surface area (Å²) in [6.45, 7) is 2.40. The van der Waals surface area contributed by atoms with Gasteiger partial charge in [0, 0.05) is 31.3 Å². The lowest BCUT2D eigenvalue weighted by molar-refractivity contribution is -0.140. The molecule has 4 rings (SSSR count). The van der Waals surface area contributed by atoms with Crippen molar-refractivity contribution in [1.29, 1.82) is 0 Å². The first-order chi connectivity index (χ1) is 13.2. The van der Waals surface area contributed by atoms with Gasteiger partial charge in [-0.05, 0) is 37.8 Å². The number of rotatable bonds is 4. The number of nitrogens with zero attached hydrogens (tertiary/aromatic N) is 2. The standard InChI is InChI=1S/C21H28N2O3S/c24-19(16-26-18-8-2-1-3-9-18)23-14-15-27-21(23)10-12-22(13-11-21)20(25)17-6-4-5-7-17/h1-3,8-9,17H,4-7,10-16H2. The van der Waals surface area contributed by atoms with E-state index < -0.39 is 0 Å². The Morgan fingerprint density at radius 2 is 1.78 bits per heavy atom. The van der Waals surface area contributed by atoms with Gasteiger partial charge in [-0.15, -0.1) is 11.8 Å². The van der Waals surface area contributed by atoms with Crippen LogP contribution in [0.5, 0.6) is 5.75 Å². The Bertz CT molecular complexity index is 667. The van der Waals surface area contributed by atoms with E-state index in [1.54, 1.807) is 0 Å². The number of hydrogen-bond acceptors (Lipinski definition) is 4. The van der Waals surface area contributed by atoms with E-state index in [1.807, 2.05) is 51.9 Å². The Labute approximate surface area is 165 Å². The van der Waals surface area contributed by atoms with Gasteiger partial charge in [-0.25, -0.2) is 0 Å². The molecule has 0 bridgehead atoms. The van der Waals surface area contributed by atoms with Crippen molar-refractivity contribution in [3.63, 3.8) is 0 Å². The second-order valence-corrected chi connectivity index (χ2v) is 9.21. The fourth-order valence-electron chi connectivity index (χ4n) is 4.62. The summed E-state index contributed by atoms with van der Waals surface area (Å²) >= 11 is 1.88. The molecule has 2 heterocycles. The molecule has 0 unspecified atom stereocenters. The summed E-state index contributed by atoms with van der Waals surface area (Å²) in [6.07, 6.45) is 6.22. The molecule has 1 spiro atoms. The number of ether oxygens (including phenoxy) is 1. The summed E-state index contributed by atoms with van der Waals surface area (Å²) in [5, 5.41) is 0. The van der Waals surface area contributed by atoms with Gasteiger partial charge in [0.2, 0.25) is 5.91 Å². The van der Waals surface area contributed by atoms with Crippen molar-refractivity contribution in [3.05, 3.63) is 30.3 Å². The van der Waals surface area contributed by atoms with Crippen molar-refractivity contribution in [2.75, 3.05) is 32.0 Å². The summed E-state index contributed by atoms with van der Waals surface area (Å²) in [5.41, 5.74) is 0. The zero-order valence-corrected chi connectivity index (χ0v) is 16.6. The molecular weight excluding hydrogens is 360 g/mol. The van der Waals surface area contributed by atoms with Crippen LogP contribution < -0.4 is 4.74 Å². The SMILES string of the molecule is O=C(C1CCCC1)N1CCC2(CC1)SCCN2C(=O)COc1ccccc1. The number of thioether (sulfide) groups is 1. The Hall–Kier alpha value is -1.69. The number of amides is 2. The molecule has 0 radical (unpaired) electrons. The lowest BCUT2D eigenvalue weighted by Gasteiger charge is -2.44. The molecule has 2 amide bonds. The Morgan fingerprint density at radius 3 is 2.48 bits per heavy atom. The third-order valence-corrected chi connectivity index (χ3v) is 7.70. The van der Waals surface area contributed by atoms with Crippen molar-refractivity contribution in [3.8, 4) is 5.75 Å². The molecule has 1 aromatic carbocycles. The third-order valence-electron chi connectivity index (χ3n) is 6.14. The predicted molar refractivity (Wildman–Crippen MR) is 107 cm³/mol. The number of hydrogen-bond donors (Lipinski definition) is 0. The quantitative estimate of drug-likeness (QED) is 0.795. The van der Waals surface area contributed by atoms with Crippen LogP contribution in [0.3, 0.4) is 0 Å². The summed E-state index contributed by atoms with van der Waals surface area (Å²) < 4.78 is 5.68. The van der Waals surface area contributed by atoms with Gasteiger partial charge in [-0.1, -0.05) is 31.0 Å². The lowest BCUT2D eigenvalue weighted by atomic mass is 9.99. The molecule has 0 aromatic heterocycles. The van der Waals surface area contributed by atoms with Gasteiger partial charge in [0.25, 0.3) is 5.91 Å². The maximum atomic E-state index is 12.8. The second-order valence-electron chi connectivity index (χ2n) is 7.75. The molecule has 1 saturated carbocycles. The third kappa shape index (κ3) is 3.96. The summed E-state index contributed by atoms with van der Waals surface area (Å²) in [5.74, 6) is 2.33. The first-order valence-electron chi connectivity index (χ1n) is 10.1. The normalized spacial score (nSPS) is 22.4. The number of likely N-dealkylation sites (tertiary alicyclic amines) is 1. The highest BCUT2D eigenvalue weighted by molar-refractivity contribution is 8.00. The van der Waals surface area contributed by atoms with E-state index in [0.29, 0.717) is 5.91 Å². The molecule has 6 heteroatoms. The molecule has 146 valence electrons. The van der Waals surface area contributed by atoms with Crippen LogP contribution in [0.2, 0.25) is 0 Å². The van der Waals surface area contributed by atoms with E-state index >= 15 is 0 Å². The van der Waals surface area contributed by atoms with Gasteiger partial charge in [0.1, 0.15) is 5.75 Å². The second kappa shape index (κ2) is 8.13. The topological polar surface area (TPSA) is 49.9 Å². The molecule has 1 aromatic rings. The Morgan fingerprint density at radius 1 is 1.07 bits per heavy atom. The van der Waals surface area contributed by atoms with Gasteiger partial charge >= 0.3 is 0 Å². The van der Waals surface area contributed by atoms with Crippen molar-refractivity contribution < 1.29 is 14.3 Å². The van der Waals surface area contributed by atoms with Crippen LogP contribution in [0.4, 0.5) is 0 Å². The van der Waals surface area contributed by atoms with Crippen LogP contribution >= 0.6 is 11.8 Å². The molecule has 27 heavy (non-hydrogen) atoms. The average molecular weight is 389 g/mol. The maximum Gasteiger partial charge on any atom is 0.261 e. The van der Waals surface area contributed by atoms with Gasteiger partial charge in [0.15, 0.2) is 6.61 Å². The minimum absolute atomic E-state index is 0.0550.